The maximum absolute atomic E-state index is 11.3. The molecule has 0 saturated heterocycles. The third-order valence-corrected chi connectivity index (χ3v) is 2.07. The van der Waals surface area contributed by atoms with Crippen LogP contribution in [0.25, 0.3) is 0 Å². The highest BCUT2D eigenvalue weighted by Crippen LogP contribution is 2.16. The van der Waals surface area contributed by atoms with Crippen LogP contribution in [0.15, 0.2) is 48.6 Å². The van der Waals surface area contributed by atoms with E-state index in [9.17, 15) is 9.59 Å². The number of methoxy groups -OCH3 is 1. The van der Waals surface area contributed by atoms with Gasteiger partial charge in [0.25, 0.3) is 0 Å². The molecule has 0 bridgehead atoms. The maximum atomic E-state index is 11.3. The molecule has 0 rings (SSSR count). The van der Waals surface area contributed by atoms with Gasteiger partial charge in [0.15, 0.2) is 0 Å². The molecule has 0 aliphatic carbocycles. The van der Waals surface area contributed by atoms with Crippen molar-refractivity contribution >= 4 is 11.9 Å². The number of ether oxygens (including phenoxy) is 1. The van der Waals surface area contributed by atoms with Crippen molar-refractivity contribution in [1.82, 2.24) is 0 Å². The standard InChI is InChI=1S/C13H16O4/c1-5-6-7-11(8-9(2)12(14)15)10(3)13(16)17-4/h5-8,11H,1,3H2,2,4H3,(H,14,15). The summed E-state index contributed by atoms with van der Waals surface area (Å²) >= 11 is 0. The van der Waals surface area contributed by atoms with Crippen molar-refractivity contribution in [3.63, 3.8) is 0 Å². The Morgan fingerprint density at radius 1 is 1.41 bits per heavy atom. The first-order valence-electron chi connectivity index (χ1n) is 4.92. The van der Waals surface area contributed by atoms with Crippen molar-refractivity contribution in [2.45, 2.75) is 6.92 Å². The molecule has 17 heavy (non-hydrogen) atoms. The lowest BCUT2D eigenvalue weighted by Crippen LogP contribution is -2.12. The van der Waals surface area contributed by atoms with Crippen LogP contribution in [0.2, 0.25) is 0 Å². The van der Waals surface area contributed by atoms with Gasteiger partial charge in [0.2, 0.25) is 0 Å². The van der Waals surface area contributed by atoms with Crippen molar-refractivity contribution < 1.29 is 19.4 Å². The Morgan fingerprint density at radius 3 is 2.41 bits per heavy atom. The van der Waals surface area contributed by atoms with E-state index in [1.165, 1.54) is 26.2 Å². The minimum absolute atomic E-state index is 0.133. The highest BCUT2D eigenvalue weighted by molar-refractivity contribution is 5.90. The zero-order chi connectivity index (χ0) is 13.4. The summed E-state index contributed by atoms with van der Waals surface area (Å²) in [6.45, 7) is 8.54. The molecule has 1 N–H and O–H groups in total. The fraction of sp³-hybridized carbons (Fsp3) is 0.231. The van der Waals surface area contributed by atoms with Gasteiger partial charge in [-0.2, -0.15) is 0 Å². The molecule has 0 fully saturated rings. The van der Waals surface area contributed by atoms with Gasteiger partial charge in [0.05, 0.1) is 7.11 Å². The molecule has 0 heterocycles. The summed E-state index contributed by atoms with van der Waals surface area (Å²) in [4.78, 5) is 22.0. The number of esters is 1. The van der Waals surface area contributed by atoms with Gasteiger partial charge in [0.1, 0.15) is 0 Å². The monoisotopic (exact) mass is 236 g/mol. The number of rotatable bonds is 6. The minimum Gasteiger partial charge on any atom is -0.478 e. The average Bonchev–Trinajstić information content (AvgIpc) is 2.31. The number of carbonyl (C=O) groups excluding carboxylic acids is 1. The summed E-state index contributed by atoms with van der Waals surface area (Å²) in [5.41, 5.74) is 0.306. The van der Waals surface area contributed by atoms with Crippen molar-refractivity contribution in [2.24, 2.45) is 5.92 Å². The molecule has 0 saturated carbocycles. The number of hydrogen-bond acceptors (Lipinski definition) is 3. The number of carbonyl (C=O) groups is 2. The smallest absolute Gasteiger partial charge is 0.334 e. The number of aliphatic carboxylic acids is 1. The molecule has 0 radical (unpaired) electrons. The van der Waals surface area contributed by atoms with Crippen LogP contribution >= 0.6 is 0 Å². The molecule has 4 nitrogen and oxygen atoms in total. The SMILES string of the molecule is C=CC=CC(C=C(C)C(=O)O)C(=C)C(=O)OC. The molecule has 92 valence electrons. The molecule has 0 spiro atoms. The average molecular weight is 236 g/mol. The van der Waals surface area contributed by atoms with Crippen LogP contribution in [0.5, 0.6) is 0 Å². The van der Waals surface area contributed by atoms with Crippen molar-refractivity contribution in [2.75, 3.05) is 7.11 Å². The molecular formula is C13H16O4. The summed E-state index contributed by atoms with van der Waals surface area (Å²) in [6, 6.07) is 0. The molecule has 0 aliphatic rings. The van der Waals surface area contributed by atoms with E-state index in [2.05, 4.69) is 17.9 Å². The first kappa shape index (κ1) is 14.9. The predicted octanol–water partition coefficient (Wildman–Crippen LogP) is 2.10. The van der Waals surface area contributed by atoms with Gasteiger partial charge < -0.3 is 9.84 Å². The Labute approximate surface area is 101 Å². The molecule has 0 aliphatic heterocycles. The third-order valence-electron chi connectivity index (χ3n) is 2.07. The van der Waals surface area contributed by atoms with Crippen molar-refractivity contribution in [3.8, 4) is 0 Å². The number of carboxylic acid groups (broad SMARTS) is 1. The Morgan fingerprint density at radius 2 is 2.00 bits per heavy atom. The topological polar surface area (TPSA) is 63.6 Å². The number of hydrogen-bond donors (Lipinski definition) is 1. The van der Waals surface area contributed by atoms with Gasteiger partial charge in [-0.3, -0.25) is 0 Å². The van der Waals surface area contributed by atoms with E-state index >= 15 is 0 Å². The van der Waals surface area contributed by atoms with Crippen molar-refractivity contribution in [1.29, 1.82) is 0 Å². The first-order chi connectivity index (χ1) is 7.93. The second-order valence-electron chi connectivity index (χ2n) is 3.32. The highest BCUT2D eigenvalue weighted by Gasteiger charge is 2.16. The van der Waals surface area contributed by atoms with Crippen LogP contribution in [0, 0.1) is 5.92 Å². The Kier molecular flexibility index (Phi) is 6.33. The molecule has 1 unspecified atom stereocenters. The van der Waals surface area contributed by atoms with Crippen molar-refractivity contribution in [3.05, 3.63) is 48.6 Å². The second-order valence-corrected chi connectivity index (χ2v) is 3.32. The van der Waals surface area contributed by atoms with E-state index in [0.717, 1.165) is 0 Å². The minimum atomic E-state index is -1.04. The van der Waals surface area contributed by atoms with Crippen LogP contribution < -0.4 is 0 Å². The van der Waals surface area contributed by atoms with Crippen LogP contribution in [0.3, 0.4) is 0 Å². The Balaban J connectivity index is 5.14. The van der Waals surface area contributed by atoms with E-state index in [4.69, 9.17) is 5.11 Å². The van der Waals surface area contributed by atoms with Crippen LogP contribution in [-0.4, -0.2) is 24.2 Å². The first-order valence-corrected chi connectivity index (χ1v) is 4.92. The molecule has 1 atom stereocenters. The van der Waals surface area contributed by atoms with E-state index < -0.39 is 17.9 Å². The Hall–Kier alpha value is -2.10. The van der Waals surface area contributed by atoms with Crippen LogP contribution in [-0.2, 0) is 14.3 Å². The van der Waals surface area contributed by atoms with Gasteiger partial charge in [-0.15, -0.1) is 0 Å². The largest absolute Gasteiger partial charge is 0.478 e. The van der Waals surface area contributed by atoms with Gasteiger partial charge in [0, 0.05) is 17.1 Å². The number of carboxylic acids is 1. The van der Waals surface area contributed by atoms with E-state index in [1.807, 2.05) is 0 Å². The number of allylic oxidation sites excluding steroid dienone is 4. The lowest BCUT2D eigenvalue weighted by Gasteiger charge is -2.10. The highest BCUT2D eigenvalue weighted by atomic mass is 16.5. The summed E-state index contributed by atoms with van der Waals surface area (Å²) < 4.78 is 4.54. The Bertz CT molecular complexity index is 388. The second kappa shape index (κ2) is 7.22. The fourth-order valence-corrected chi connectivity index (χ4v) is 1.08. The summed E-state index contributed by atoms with van der Waals surface area (Å²) in [5, 5.41) is 8.78. The quantitative estimate of drug-likeness (QED) is 0.436. The summed E-state index contributed by atoms with van der Waals surface area (Å²) in [7, 11) is 1.25. The predicted molar refractivity (Wildman–Crippen MR) is 65.4 cm³/mol. The van der Waals surface area contributed by atoms with Gasteiger partial charge in [-0.1, -0.05) is 37.5 Å². The molecule has 0 aromatic rings. The summed E-state index contributed by atoms with van der Waals surface area (Å²) in [6.07, 6.45) is 6.20. The molecular weight excluding hydrogens is 220 g/mol. The van der Waals surface area contributed by atoms with Crippen LogP contribution in [0.1, 0.15) is 6.92 Å². The van der Waals surface area contributed by atoms with E-state index in [-0.39, 0.29) is 11.1 Å². The molecule has 0 amide bonds. The van der Waals surface area contributed by atoms with Gasteiger partial charge in [-0.25, -0.2) is 9.59 Å². The lowest BCUT2D eigenvalue weighted by molar-refractivity contribution is -0.136. The van der Waals surface area contributed by atoms with E-state index in [1.54, 1.807) is 12.2 Å². The molecule has 0 aromatic heterocycles. The summed E-state index contributed by atoms with van der Waals surface area (Å²) in [5.74, 6) is -2.13. The van der Waals surface area contributed by atoms with Gasteiger partial charge >= 0.3 is 11.9 Å². The zero-order valence-electron chi connectivity index (χ0n) is 9.97. The fourth-order valence-electron chi connectivity index (χ4n) is 1.08. The lowest BCUT2D eigenvalue weighted by atomic mass is 9.97. The maximum Gasteiger partial charge on any atom is 0.334 e. The van der Waals surface area contributed by atoms with Crippen LogP contribution in [0.4, 0.5) is 0 Å². The molecule has 0 aromatic carbocycles. The zero-order valence-corrected chi connectivity index (χ0v) is 9.97. The molecule has 4 heteroatoms. The van der Waals surface area contributed by atoms with Gasteiger partial charge in [-0.05, 0) is 6.92 Å². The van der Waals surface area contributed by atoms with E-state index in [0.29, 0.717) is 0 Å². The third kappa shape index (κ3) is 4.97. The normalized spacial score (nSPS) is 13.2.